The number of Topliss-reactive ketones (excluding diaryl/α,β-unsaturated/α-hetero) is 1. The molecule has 3 saturated heterocycles. The Hall–Kier alpha value is -2.81. The average molecular weight is 726 g/mol. The standard InChI is InChI=1S/C37H63N3O11/c1-15-27-37(11)29(38-33(44)50-37)24(6)40(34(45)51-35(7,8)9)18-20(2)17-36(10,46-14)30(22(4)28(42)23(5)31(43)48-27)49-32-21(3)26(39(12)13)16-25(19-41)47-32/h19-27,29-30,32H,15-18H2,1-14H3,(H,38,44)/t20-,21?,22+,23?,24-,25?,26?,27-,29-,30-,32+,36-,37-/m1/s1. The van der Waals surface area contributed by atoms with Crippen molar-refractivity contribution in [2.24, 2.45) is 23.7 Å². The molecule has 3 rings (SSSR count). The van der Waals surface area contributed by atoms with E-state index >= 15 is 0 Å². The van der Waals surface area contributed by atoms with Crippen molar-refractivity contribution in [1.29, 1.82) is 0 Å². The minimum absolute atomic E-state index is 0.0489. The quantitative estimate of drug-likeness (QED) is 0.179. The van der Waals surface area contributed by atoms with Gasteiger partial charge in [0.15, 0.2) is 17.7 Å². The molecule has 0 radical (unpaired) electrons. The SMILES string of the molecule is CC[C@H]1OC(=O)C(C)C(=O)[C@H](C)[C@@H](O[C@@H]2OC(C=O)CC(N(C)C)C2C)[C@](C)(OC)C[C@@H](C)CN(C(=O)OC(C)(C)C)[C@H](C)[C@H]2NC(=O)O[C@@]21C. The van der Waals surface area contributed by atoms with Gasteiger partial charge >= 0.3 is 18.2 Å². The van der Waals surface area contributed by atoms with E-state index in [1.807, 2.05) is 39.8 Å². The van der Waals surface area contributed by atoms with Crippen molar-refractivity contribution in [1.82, 2.24) is 15.1 Å². The Bertz CT molecular complexity index is 1270. The van der Waals surface area contributed by atoms with Crippen molar-refractivity contribution in [2.75, 3.05) is 27.7 Å². The summed E-state index contributed by atoms with van der Waals surface area (Å²) in [6, 6.07) is -1.54. The van der Waals surface area contributed by atoms with E-state index in [1.54, 1.807) is 53.4 Å². The number of alkyl carbamates (subject to hydrolysis) is 1. The van der Waals surface area contributed by atoms with Crippen LogP contribution in [0.15, 0.2) is 0 Å². The fraction of sp³-hybridized carbons (Fsp3) is 0.865. The van der Waals surface area contributed by atoms with Crippen LogP contribution in [-0.4, -0.2) is 127 Å². The third kappa shape index (κ3) is 9.41. The zero-order valence-corrected chi connectivity index (χ0v) is 33.1. The third-order valence-corrected chi connectivity index (χ3v) is 11.0. The van der Waals surface area contributed by atoms with Gasteiger partial charge in [-0.15, -0.1) is 0 Å². The van der Waals surface area contributed by atoms with Gasteiger partial charge < -0.3 is 48.3 Å². The first-order valence-corrected chi connectivity index (χ1v) is 18.2. The van der Waals surface area contributed by atoms with Crippen LogP contribution in [0.5, 0.6) is 0 Å². The lowest BCUT2D eigenvalue weighted by Gasteiger charge is -2.47. The molecule has 0 aromatic heterocycles. The Balaban J connectivity index is 2.18. The van der Waals surface area contributed by atoms with Crippen molar-refractivity contribution < 1.29 is 52.4 Å². The summed E-state index contributed by atoms with van der Waals surface area (Å²) in [6.45, 7) is 19.7. The summed E-state index contributed by atoms with van der Waals surface area (Å²) in [7, 11) is 5.40. The number of carbonyl (C=O) groups is 5. The molecule has 0 saturated carbocycles. The van der Waals surface area contributed by atoms with Gasteiger partial charge in [-0.3, -0.25) is 9.59 Å². The van der Waals surface area contributed by atoms with Gasteiger partial charge in [0.25, 0.3) is 0 Å². The van der Waals surface area contributed by atoms with Crippen LogP contribution in [0.3, 0.4) is 0 Å². The van der Waals surface area contributed by atoms with Gasteiger partial charge in [0.2, 0.25) is 0 Å². The molecule has 3 fully saturated rings. The second-order valence-corrected chi connectivity index (χ2v) is 16.5. The summed E-state index contributed by atoms with van der Waals surface area (Å²) in [5, 5.41) is 2.86. The number of ether oxygens (including phenoxy) is 6. The number of esters is 1. The van der Waals surface area contributed by atoms with E-state index in [-0.39, 0.29) is 30.8 Å². The number of rotatable bonds is 6. The van der Waals surface area contributed by atoms with E-state index in [0.717, 1.165) is 6.29 Å². The maximum absolute atomic E-state index is 14.3. The van der Waals surface area contributed by atoms with E-state index < -0.39 is 89.3 Å². The highest BCUT2D eigenvalue weighted by atomic mass is 16.7. The van der Waals surface area contributed by atoms with Crippen LogP contribution >= 0.6 is 0 Å². The minimum Gasteiger partial charge on any atom is -0.458 e. The Morgan fingerprint density at radius 1 is 1.10 bits per heavy atom. The number of nitrogens with zero attached hydrogens (tertiary/aromatic N) is 2. The average Bonchev–Trinajstić information content (AvgIpc) is 3.36. The molecule has 3 heterocycles. The first kappa shape index (κ1) is 42.6. The van der Waals surface area contributed by atoms with Crippen molar-refractivity contribution in [3.05, 3.63) is 0 Å². The van der Waals surface area contributed by atoms with E-state index in [9.17, 15) is 24.0 Å². The van der Waals surface area contributed by atoms with E-state index in [1.165, 1.54) is 14.0 Å². The molecule has 14 nitrogen and oxygen atoms in total. The lowest BCUT2D eigenvalue weighted by molar-refractivity contribution is -0.277. The number of nitrogens with one attached hydrogen (secondary N) is 1. The van der Waals surface area contributed by atoms with Crippen LogP contribution in [0, 0.1) is 23.7 Å². The molecule has 51 heavy (non-hydrogen) atoms. The summed E-state index contributed by atoms with van der Waals surface area (Å²) in [5.74, 6) is -3.80. The van der Waals surface area contributed by atoms with Crippen molar-refractivity contribution in [2.45, 2.75) is 155 Å². The number of hydrogen-bond donors (Lipinski definition) is 1. The van der Waals surface area contributed by atoms with Crippen LogP contribution in [-0.2, 0) is 42.8 Å². The van der Waals surface area contributed by atoms with Gasteiger partial charge in [-0.2, -0.15) is 0 Å². The van der Waals surface area contributed by atoms with Crippen LogP contribution in [0.2, 0.25) is 0 Å². The Kier molecular flexibility index (Phi) is 13.8. The highest BCUT2D eigenvalue weighted by Gasteiger charge is 2.57. The predicted octanol–water partition coefficient (Wildman–Crippen LogP) is 4.35. The van der Waals surface area contributed by atoms with Crippen molar-refractivity contribution in [3.63, 3.8) is 0 Å². The molecule has 2 amide bonds. The van der Waals surface area contributed by atoms with Gasteiger partial charge in [-0.05, 0) is 87.7 Å². The molecule has 4 unspecified atom stereocenters. The molecule has 3 aliphatic heterocycles. The predicted molar refractivity (Wildman–Crippen MR) is 188 cm³/mol. The number of carbonyl (C=O) groups excluding carboxylic acids is 5. The summed E-state index contributed by atoms with van der Waals surface area (Å²) >= 11 is 0. The van der Waals surface area contributed by atoms with Gasteiger partial charge in [-0.25, -0.2) is 9.59 Å². The first-order chi connectivity index (χ1) is 23.5. The number of fused-ring (bicyclic) bond motifs is 1. The van der Waals surface area contributed by atoms with Crippen molar-refractivity contribution >= 4 is 30.2 Å². The number of aldehydes is 1. The van der Waals surface area contributed by atoms with Crippen LogP contribution in [0.4, 0.5) is 9.59 Å². The number of methoxy groups -OCH3 is 1. The number of ketones is 1. The highest BCUT2D eigenvalue weighted by Crippen LogP contribution is 2.39. The molecule has 14 heteroatoms. The molecule has 13 atom stereocenters. The zero-order valence-electron chi connectivity index (χ0n) is 33.1. The summed E-state index contributed by atoms with van der Waals surface area (Å²) in [6.07, 6.45) is -3.00. The van der Waals surface area contributed by atoms with E-state index in [0.29, 0.717) is 12.8 Å². The normalized spacial score (nSPS) is 40.3. The summed E-state index contributed by atoms with van der Waals surface area (Å²) in [4.78, 5) is 70.4. The molecular weight excluding hydrogens is 662 g/mol. The molecule has 1 N–H and O–H groups in total. The van der Waals surface area contributed by atoms with Gasteiger partial charge in [0.1, 0.15) is 30.0 Å². The molecule has 3 aliphatic rings. The van der Waals surface area contributed by atoms with Gasteiger partial charge in [0.05, 0.1) is 23.8 Å². The fourth-order valence-electron chi connectivity index (χ4n) is 8.10. The molecular formula is C37H63N3O11. The lowest BCUT2D eigenvalue weighted by Crippen LogP contribution is -2.62. The maximum Gasteiger partial charge on any atom is 0.410 e. The number of amides is 2. The van der Waals surface area contributed by atoms with Crippen LogP contribution in [0.25, 0.3) is 0 Å². The zero-order chi connectivity index (χ0) is 38.8. The lowest BCUT2D eigenvalue weighted by atomic mass is 9.78. The minimum atomic E-state index is -1.39. The Labute approximate surface area is 303 Å². The second kappa shape index (κ2) is 16.5. The molecule has 0 aliphatic carbocycles. The molecule has 0 aromatic rings. The summed E-state index contributed by atoms with van der Waals surface area (Å²) < 4.78 is 36.9. The van der Waals surface area contributed by atoms with Crippen LogP contribution in [0.1, 0.15) is 95.4 Å². The number of cyclic esters (lactones) is 1. The van der Waals surface area contributed by atoms with Crippen LogP contribution < -0.4 is 5.32 Å². The van der Waals surface area contributed by atoms with Crippen molar-refractivity contribution in [3.8, 4) is 0 Å². The first-order valence-electron chi connectivity index (χ1n) is 18.2. The molecule has 0 spiro atoms. The Morgan fingerprint density at radius 3 is 2.25 bits per heavy atom. The smallest absolute Gasteiger partial charge is 0.410 e. The monoisotopic (exact) mass is 725 g/mol. The fourth-order valence-corrected chi connectivity index (χ4v) is 8.10. The third-order valence-electron chi connectivity index (χ3n) is 11.0. The second-order valence-electron chi connectivity index (χ2n) is 16.5. The summed E-state index contributed by atoms with van der Waals surface area (Å²) in [5.41, 5.74) is -3.36. The Morgan fingerprint density at radius 2 is 1.73 bits per heavy atom. The van der Waals surface area contributed by atoms with E-state index in [4.69, 9.17) is 28.4 Å². The van der Waals surface area contributed by atoms with Gasteiger partial charge in [-0.1, -0.05) is 27.7 Å². The largest absolute Gasteiger partial charge is 0.458 e. The topological polar surface area (TPSA) is 159 Å². The number of hydrogen-bond acceptors (Lipinski definition) is 12. The van der Waals surface area contributed by atoms with E-state index in [2.05, 4.69) is 5.32 Å². The molecule has 0 aromatic carbocycles. The maximum atomic E-state index is 14.3. The molecule has 0 bridgehead atoms. The highest BCUT2D eigenvalue weighted by molar-refractivity contribution is 6.00. The molecule has 292 valence electrons. The van der Waals surface area contributed by atoms with Gasteiger partial charge in [0, 0.05) is 31.5 Å².